The number of nitro groups is 1. The van der Waals surface area contributed by atoms with Crippen LogP contribution in [0.15, 0.2) is 23.1 Å². The first-order valence-corrected chi connectivity index (χ1v) is 8.84. The second-order valence-corrected chi connectivity index (χ2v) is 7.75. The summed E-state index contributed by atoms with van der Waals surface area (Å²) in [6.07, 6.45) is 1.02. The van der Waals surface area contributed by atoms with Gasteiger partial charge >= 0.3 is 5.97 Å². The number of nitrogens with zero attached hydrogens (tertiary/aromatic N) is 1. The van der Waals surface area contributed by atoms with Crippen molar-refractivity contribution in [2.24, 2.45) is 5.92 Å². The second-order valence-electron chi connectivity index (χ2n) is 5.74. The third-order valence-corrected chi connectivity index (χ3v) is 4.19. The van der Waals surface area contributed by atoms with Crippen molar-refractivity contribution < 1.29 is 28.0 Å². The fourth-order valence-corrected chi connectivity index (χ4v) is 2.64. The van der Waals surface area contributed by atoms with Crippen molar-refractivity contribution in [1.82, 2.24) is 5.32 Å². The van der Waals surface area contributed by atoms with Gasteiger partial charge in [-0.25, -0.2) is 13.2 Å². The third-order valence-electron chi connectivity index (χ3n) is 3.10. The number of sulfone groups is 1. The molecule has 0 fully saturated rings. The summed E-state index contributed by atoms with van der Waals surface area (Å²) in [7, 11) is -3.78. The zero-order chi connectivity index (χ0) is 18.7. The SMILES string of the molecule is CC(C)CC(NC(=O)c1cc([N+](=O)[O-])cc(S(C)(=O)=O)c1)C(=O)O. The lowest BCUT2D eigenvalue weighted by atomic mass is 10.0. The summed E-state index contributed by atoms with van der Waals surface area (Å²) in [6, 6.07) is 1.54. The molecule has 0 aliphatic rings. The molecule has 0 bridgehead atoms. The molecular formula is C14H18N2O7S. The average Bonchev–Trinajstić information content (AvgIpc) is 2.44. The monoisotopic (exact) mass is 358 g/mol. The van der Waals surface area contributed by atoms with Crippen LogP contribution in [0.3, 0.4) is 0 Å². The molecule has 0 saturated heterocycles. The van der Waals surface area contributed by atoms with E-state index in [9.17, 15) is 28.1 Å². The number of hydrogen-bond acceptors (Lipinski definition) is 6. The summed E-state index contributed by atoms with van der Waals surface area (Å²) in [4.78, 5) is 33.1. The van der Waals surface area contributed by atoms with Crippen LogP contribution < -0.4 is 5.32 Å². The first-order chi connectivity index (χ1) is 10.9. The van der Waals surface area contributed by atoms with Crippen molar-refractivity contribution in [2.45, 2.75) is 31.2 Å². The number of carboxylic acids is 1. The van der Waals surface area contributed by atoms with E-state index in [4.69, 9.17) is 5.11 Å². The number of carbonyl (C=O) groups excluding carboxylic acids is 1. The van der Waals surface area contributed by atoms with E-state index in [0.29, 0.717) is 0 Å². The zero-order valence-corrected chi connectivity index (χ0v) is 14.2. The molecular weight excluding hydrogens is 340 g/mol. The van der Waals surface area contributed by atoms with E-state index in [2.05, 4.69) is 5.32 Å². The van der Waals surface area contributed by atoms with E-state index < -0.39 is 43.3 Å². The van der Waals surface area contributed by atoms with E-state index in [1.807, 2.05) is 0 Å². The first-order valence-electron chi connectivity index (χ1n) is 6.95. The largest absolute Gasteiger partial charge is 0.480 e. The number of nitro benzene ring substituents is 1. The summed E-state index contributed by atoms with van der Waals surface area (Å²) >= 11 is 0. The minimum atomic E-state index is -3.78. The third kappa shape index (κ3) is 5.30. The van der Waals surface area contributed by atoms with Crippen molar-refractivity contribution in [3.05, 3.63) is 33.9 Å². The van der Waals surface area contributed by atoms with Crippen LogP contribution in [0.1, 0.15) is 30.6 Å². The van der Waals surface area contributed by atoms with Gasteiger partial charge in [-0.05, 0) is 18.4 Å². The van der Waals surface area contributed by atoms with Gasteiger partial charge in [-0.2, -0.15) is 0 Å². The Balaban J connectivity index is 3.24. The van der Waals surface area contributed by atoms with Crippen LogP contribution in [0, 0.1) is 16.0 Å². The highest BCUT2D eigenvalue weighted by atomic mass is 32.2. The standard InChI is InChI=1S/C14H18N2O7S/c1-8(2)4-12(14(18)19)15-13(17)9-5-10(16(20)21)7-11(6-9)24(3,22)23/h5-8,12H,4H2,1-3H3,(H,15,17)(H,18,19). The molecule has 1 atom stereocenters. The van der Waals surface area contributed by atoms with E-state index >= 15 is 0 Å². The molecule has 1 rings (SSSR count). The molecule has 1 amide bonds. The van der Waals surface area contributed by atoms with E-state index in [1.54, 1.807) is 13.8 Å². The fourth-order valence-electron chi connectivity index (χ4n) is 1.97. The van der Waals surface area contributed by atoms with Crippen LogP contribution in [0.5, 0.6) is 0 Å². The highest BCUT2D eigenvalue weighted by Gasteiger charge is 2.24. The molecule has 2 N–H and O–H groups in total. The van der Waals surface area contributed by atoms with Gasteiger partial charge in [-0.1, -0.05) is 13.8 Å². The van der Waals surface area contributed by atoms with Gasteiger partial charge in [0.2, 0.25) is 0 Å². The summed E-state index contributed by atoms with van der Waals surface area (Å²) < 4.78 is 23.2. The van der Waals surface area contributed by atoms with Gasteiger partial charge in [0.15, 0.2) is 9.84 Å². The molecule has 10 heteroatoms. The molecule has 0 saturated carbocycles. The number of non-ortho nitro benzene ring substituents is 1. The summed E-state index contributed by atoms with van der Waals surface area (Å²) in [5.41, 5.74) is -0.863. The van der Waals surface area contributed by atoms with E-state index in [0.717, 1.165) is 24.5 Å². The Morgan fingerprint density at radius 1 is 1.29 bits per heavy atom. The molecule has 9 nitrogen and oxygen atoms in total. The Morgan fingerprint density at radius 2 is 1.88 bits per heavy atom. The molecule has 0 aromatic heterocycles. The van der Waals surface area contributed by atoms with Crippen LogP contribution in [-0.4, -0.2) is 42.6 Å². The Bertz CT molecular complexity index is 771. The van der Waals surface area contributed by atoms with Crippen LogP contribution >= 0.6 is 0 Å². The van der Waals surface area contributed by atoms with Crippen molar-refractivity contribution >= 4 is 27.4 Å². The first kappa shape index (κ1) is 19.6. The smallest absolute Gasteiger partial charge is 0.326 e. The summed E-state index contributed by atoms with van der Waals surface area (Å²) in [6.45, 7) is 3.55. The molecule has 1 aromatic carbocycles. The van der Waals surface area contributed by atoms with Gasteiger partial charge in [0.05, 0.1) is 9.82 Å². The lowest BCUT2D eigenvalue weighted by molar-refractivity contribution is -0.385. The van der Waals surface area contributed by atoms with Crippen molar-refractivity contribution in [3.63, 3.8) is 0 Å². The van der Waals surface area contributed by atoms with Crippen molar-refractivity contribution in [1.29, 1.82) is 0 Å². The minimum Gasteiger partial charge on any atom is -0.480 e. The van der Waals surface area contributed by atoms with Gasteiger partial charge in [-0.3, -0.25) is 14.9 Å². The lowest BCUT2D eigenvalue weighted by Crippen LogP contribution is -2.41. The molecule has 0 radical (unpaired) electrons. The van der Waals surface area contributed by atoms with Gasteiger partial charge in [-0.15, -0.1) is 0 Å². The number of benzene rings is 1. The predicted octanol–water partition coefficient (Wildman–Crippen LogP) is 1.23. The molecule has 0 aliphatic heterocycles. The molecule has 0 spiro atoms. The number of rotatable bonds is 7. The van der Waals surface area contributed by atoms with Gasteiger partial charge in [0, 0.05) is 24.0 Å². The number of carbonyl (C=O) groups is 2. The van der Waals surface area contributed by atoms with E-state index in [-0.39, 0.29) is 17.9 Å². The number of nitrogens with one attached hydrogen (secondary N) is 1. The number of amides is 1. The maximum Gasteiger partial charge on any atom is 0.326 e. The Labute approximate surface area is 138 Å². The Morgan fingerprint density at radius 3 is 2.29 bits per heavy atom. The Hall–Kier alpha value is -2.49. The quantitative estimate of drug-likeness (QED) is 0.551. The summed E-state index contributed by atoms with van der Waals surface area (Å²) in [5, 5.41) is 22.3. The van der Waals surface area contributed by atoms with Crippen LogP contribution in [0.2, 0.25) is 0 Å². The molecule has 1 unspecified atom stereocenters. The molecule has 1 aromatic rings. The fraction of sp³-hybridized carbons (Fsp3) is 0.429. The van der Waals surface area contributed by atoms with Crippen LogP contribution in [0.25, 0.3) is 0 Å². The highest BCUT2D eigenvalue weighted by molar-refractivity contribution is 7.90. The maximum atomic E-state index is 12.2. The topological polar surface area (TPSA) is 144 Å². The maximum absolute atomic E-state index is 12.2. The molecule has 0 aliphatic carbocycles. The highest BCUT2D eigenvalue weighted by Crippen LogP contribution is 2.21. The number of carboxylic acid groups (broad SMARTS) is 1. The summed E-state index contributed by atoms with van der Waals surface area (Å²) in [5.74, 6) is -2.15. The predicted molar refractivity (Wildman–Crippen MR) is 84.6 cm³/mol. The number of aliphatic carboxylic acids is 1. The van der Waals surface area contributed by atoms with Crippen LogP contribution in [-0.2, 0) is 14.6 Å². The van der Waals surface area contributed by atoms with Crippen molar-refractivity contribution in [3.8, 4) is 0 Å². The lowest BCUT2D eigenvalue weighted by Gasteiger charge is -2.16. The normalized spacial score (nSPS) is 12.7. The minimum absolute atomic E-state index is 0.0110. The molecule has 132 valence electrons. The number of hydrogen-bond donors (Lipinski definition) is 2. The van der Waals surface area contributed by atoms with Gasteiger partial charge < -0.3 is 10.4 Å². The zero-order valence-electron chi connectivity index (χ0n) is 13.3. The van der Waals surface area contributed by atoms with Crippen molar-refractivity contribution in [2.75, 3.05) is 6.26 Å². The van der Waals surface area contributed by atoms with Crippen LogP contribution in [0.4, 0.5) is 5.69 Å². The molecule has 0 heterocycles. The molecule has 24 heavy (non-hydrogen) atoms. The van der Waals surface area contributed by atoms with Gasteiger partial charge in [0.1, 0.15) is 6.04 Å². The Kier molecular flexibility index (Phi) is 6.02. The average molecular weight is 358 g/mol. The van der Waals surface area contributed by atoms with Gasteiger partial charge in [0.25, 0.3) is 11.6 Å². The van der Waals surface area contributed by atoms with E-state index in [1.165, 1.54) is 0 Å². The second kappa shape index (κ2) is 7.39.